The predicted octanol–water partition coefficient (Wildman–Crippen LogP) is 4.30. The molecule has 1 atom stereocenters. The molecule has 0 aliphatic heterocycles. The highest BCUT2D eigenvalue weighted by Crippen LogP contribution is 2.28. The molecule has 8 heteroatoms. The molecule has 0 aliphatic rings. The van der Waals surface area contributed by atoms with Gasteiger partial charge >= 0.3 is 0 Å². The highest BCUT2D eigenvalue weighted by atomic mass is 32.2. The lowest BCUT2D eigenvalue weighted by atomic mass is 10.1. The third kappa shape index (κ3) is 6.77. The van der Waals surface area contributed by atoms with Gasteiger partial charge in [0.25, 0.3) is 0 Å². The largest absolute Gasteiger partial charge is 0.497 e. The Hall–Kier alpha value is -2.97. The molecule has 34 heavy (non-hydrogen) atoms. The van der Waals surface area contributed by atoms with Crippen molar-refractivity contribution in [1.82, 2.24) is 0 Å². The van der Waals surface area contributed by atoms with E-state index in [9.17, 15) is 17.4 Å². The van der Waals surface area contributed by atoms with Crippen molar-refractivity contribution in [3.63, 3.8) is 0 Å². The van der Waals surface area contributed by atoms with Gasteiger partial charge in [-0.05, 0) is 55.0 Å². The minimum absolute atomic E-state index is 0.0443. The third-order valence-electron chi connectivity index (χ3n) is 5.37. The van der Waals surface area contributed by atoms with Crippen LogP contribution in [0.15, 0.2) is 76.5 Å². The Morgan fingerprint density at radius 1 is 0.912 bits per heavy atom. The van der Waals surface area contributed by atoms with E-state index < -0.39 is 20.6 Å². The first-order chi connectivity index (χ1) is 16.2. The van der Waals surface area contributed by atoms with Crippen LogP contribution in [0.4, 0.5) is 0 Å². The van der Waals surface area contributed by atoms with Crippen molar-refractivity contribution in [3.8, 4) is 11.5 Å². The van der Waals surface area contributed by atoms with Crippen LogP contribution in [0.3, 0.4) is 0 Å². The normalized spacial score (nSPS) is 12.2. The van der Waals surface area contributed by atoms with E-state index in [1.54, 1.807) is 30.3 Å². The standard InChI is InChI=1S/C26H28O6S2/c1-19-4-9-24(10-5-19)33(28)15-14-22(27)16-20-6-11-25(12-7-20)34(29,30)18-21-17-23(31-2)8-13-26(21)32-3/h4-13,17H,14-16,18H2,1-3H3. The quantitative estimate of drug-likeness (QED) is 0.390. The summed E-state index contributed by atoms with van der Waals surface area (Å²) in [6.07, 6.45) is 0.352. The number of ketones is 1. The van der Waals surface area contributed by atoms with Gasteiger partial charge < -0.3 is 9.47 Å². The van der Waals surface area contributed by atoms with E-state index in [-0.39, 0.29) is 35.0 Å². The Balaban J connectivity index is 1.61. The molecule has 0 radical (unpaired) electrons. The highest BCUT2D eigenvalue weighted by Gasteiger charge is 2.19. The molecule has 0 fully saturated rings. The van der Waals surface area contributed by atoms with Crippen molar-refractivity contribution in [3.05, 3.63) is 83.4 Å². The lowest BCUT2D eigenvalue weighted by molar-refractivity contribution is -0.118. The van der Waals surface area contributed by atoms with Gasteiger partial charge in [0, 0.05) is 29.1 Å². The zero-order valence-corrected chi connectivity index (χ0v) is 21.1. The van der Waals surface area contributed by atoms with Gasteiger partial charge in [-0.25, -0.2) is 8.42 Å². The van der Waals surface area contributed by atoms with Crippen LogP contribution in [0, 0.1) is 6.92 Å². The number of aryl methyl sites for hydroxylation is 1. The second-order valence-electron chi connectivity index (χ2n) is 7.91. The summed E-state index contributed by atoms with van der Waals surface area (Å²) in [7, 11) is -1.86. The molecule has 3 rings (SSSR count). The van der Waals surface area contributed by atoms with E-state index in [0.717, 1.165) is 5.56 Å². The third-order valence-corrected chi connectivity index (χ3v) is 8.42. The van der Waals surface area contributed by atoms with Gasteiger partial charge in [0.2, 0.25) is 0 Å². The molecule has 3 aromatic carbocycles. The number of sulfone groups is 1. The minimum Gasteiger partial charge on any atom is -0.497 e. The summed E-state index contributed by atoms with van der Waals surface area (Å²) in [6.45, 7) is 1.96. The SMILES string of the molecule is COc1ccc(OC)c(CS(=O)(=O)c2ccc(CC(=O)CCS(=O)c3ccc(C)cc3)cc2)c1. The molecule has 0 spiro atoms. The van der Waals surface area contributed by atoms with E-state index >= 15 is 0 Å². The first-order valence-electron chi connectivity index (χ1n) is 10.7. The Labute approximate surface area is 203 Å². The summed E-state index contributed by atoms with van der Waals surface area (Å²) in [5.41, 5.74) is 2.30. The molecule has 0 amide bonds. The number of methoxy groups -OCH3 is 2. The van der Waals surface area contributed by atoms with E-state index in [1.807, 2.05) is 31.2 Å². The first kappa shape index (κ1) is 25.6. The van der Waals surface area contributed by atoms with Gasteiger partial charge in [0.15, 0.2) is 9.84 Å². The molecular formula is C26H28O6S2. The molecule has 0 aromatic heterocycles. The van der Waals surface area contributed by atoms with Crippen LogP contribution >= 0.6 is 0 Å². The van der Waals surface area contributed by atoms with Crippen LogP contribution in [0.1, 0.15) is 23.1 Å². The van der Waals surface area contributed by atoms with Gasteiger partial charge in [-0.1, -0.05) is 29.8 Å². The van der Waals surface area contributed by atoms with E-state index in [1.165, 1.54) is 26.4 Å². The average Bonchev–Trinajstić information content (AvgIpc) is 2.83. The maximum Gasteiger partial charge on any atom is 0.182 e. The fourth-order valence-corrected chi connectivity index (χ4v) is 5.87. The molecule has 0 saturated heterocycles. The Morgan fingerprint density at radius 2 is 1.59 bits per heavy atom. The van der Waals surface area contributed by atoms with Crippen molar-refractivity contribution < 1.29 is 26.9 Å². The van der Waals surface area contributed by atoms with Crippen LogP contribution in [0.5, 0.6) is 11.5 Å². The number of ether oxygens (including phenoxy) is 2. The molecule has 0 saturated carbocycles. The zero-order chi connectivity index (χ0) is 24.7. The number of rotatable bonds is 11. The summed E-state index contributed by atoms with van der Waals surface area (Å²) in [5.74, 6) is 0.989. The van der Waals surface area contributed by atoms with Crippen molar-refractivity contribution in [2.24, 2.45) is 0 Å². The maximum atomic E-state index is 12.9. The van der Waals surface area contributed by atoms with Gasteiger partial charge in [-0.3, -0.25) is 9.00 Å². The summed E-state index contributed by atoms with van der Waals surface area (Å²) in [4.78, 5) is 13.2. The number of hydrogen-bond donors (Lipinski definition) is 0. The van der Waals surface area contributed by atoms with Crippen LogP contribution in [-0.4, -0.2) is 38.4 Å². The van der Waals surface area contributed by atoms with Crippen molar-refractivity contribution in [2.45, 2.75) is 35.3 Å². The summed E-state index contributed by atoms with van der Waals surface area (Å²) >= 11 is 0. The molecular weight excluding hydrogens is 472 g/mol. The fraction of sp³-hybridized carbons (Fsp3) is 0.269. The molecule has 180 valence electrons. The lowest BCUT2D eigenvalue weighted by Crippen LogP contribution is -2.09. The minimum atomic E-state index is -3.63. The number of hydrogen-bond acceptors (Lipinski definition) is 6. The highest BCUT2D eigenvalue weighted by molar-refractivity contribution is 7.90. The molecule has 0 heterocycles. The molecule has 0 aliphatic carbocycles. The van der Waals surface area contributed by atoms with Gasteiger partial charge in [-0.2, -0.15) is 0 Å². The van der Waals surface area contributed by atoms with Gasteiger partial charge in [0.1, 0.15) is 17.3 Å². The molecule has 3 aromatic rings. The molecule has 0 bridgehead atoms. The zero-order valence-electron chi connectivity index (χ0n) is 19.4. The summed E-state index contributed by atoms with van der Waals surface area (Å²) in [6, 6.07) is 18.8. The second-order valence-corrected chi connectivity index (χ2v) is 11.5. The Kier molecular flexibility index (Phi) is 8.63. The van der Waals surface area contributed by atoms with E-state index in [0.29, 0.717) is 27.5 Å². The Morgan fingerprint density at radius 3 is 2.21 bits per heavy atom. The van der Waals surface area contributed by atoms with Gasteiger partial charge in [0.05, 0.1) is 35.7 Å². The second kappa shape index (κ2) is 11.4. The van der Waals surface area contributed by atoms with Crippen LogP contribution in [0.25, 0.3) is 0 Å². The Bertz CT molecular complexity index is 1260. The average molecular weight is 501 g/mol. The van der Waals surface area contributed by atoms with Crippen LogP contribution in [0.2, 0.25) is 0 Å². The van der Waals surface area contributed by atoms with Crippen LogP contribution < -0.4 is 9.47 Å². The molecule has 1 unspecified atom stereocenters. The smallest absolute Gasteiger partial charge is 0.182 e. The monoisotopic (exact) mass is 500 g/mol. The van der Waals surface area contributed by atoms with Gasteiger partial charge in [-0.15, -0.1) is 0 Å². The number of carbonyl (C=O) groups is 1. The maximum absolute atomic E-state index is 12.9. The van der Waals surface area contributed by atoms with Crippen molar-refractivity contribution in [1.29, 1.82) is 0 Å². The van der Waals surface area contributed by atoms with Crippen molar-refractivity contribution in [2.75, 3.05) is 20.0 Å². The number of Topliss-reactive ketones (excluding diaryl/α,β-unsaturated/α-hetero) is 1. The number of carbonyl (C=O) groups excluding carboxylic acids is 1. The number of benzene rings is 3. The molecule has 0 N–H and O–H groups in total. The fourth-order valence-electron chi connectivity index (χ4n) is 3.43. The summed E-state index contributed by atoms with van der Waals surface area (Å²) < 4.78 is 48.7. The first-order valence-corrected chi connectivity index (χ1v) is 13.7. The van der Waals surface area contributed by atoms with Crippen LogP contribution in [-0.2, 0) is 37.6 Å². The predicted molar refractivity (Wildman–Crippen MR) is 133 cm³/mol. The molecule has 6 nitrogen and oxygen atoms in total. The lowest BCUT2D eigenvalue weighted by Gasteiger charge is -2.11. The van der Waals surface area contributed by atoms with E-state index in [2.05, 4.69) is 0 Å². The topological polar surface area (TPSA) is 86.7 Å². The summed E-state index contributed by atoms with van der Waals surface area (Å²) in [5, 5.41) is 0. The van der Waals surface area contributed by atoms with Crippen molar-refractivity contribution >= 4 is 26.4 Å². The van der Waals surface area contributed by atoms with E-state index in [4.69, 9.17) is 9.47 Å².